The lowest BCUT2D eigenvalue weighted by Crippen LogP contribution is -2.33. The Hall–Kier alpha value is -2.76. The number of carboxylic acids is 2. The van der Waals surface area contributed by atoms with Crippen LogP contribution in [-0.2, 0) is 42.9 Å². The van der Waals surface area contributed by atoms with Crippen molar-refractivity contribution in [3.8, 4) is 0 Å². The predicted molar refractivity (Wildman–Crippen MR) is 120 cm³/mol. The quantitative estimate of drug-likeness (QED) is 0.180. The van der Waals surface area contributed by atoms with Crippen LogP contribution < -0.4 is 0 Å². The molecule has 0 aromatic heterocycles. The Morgan fingerprint density at radius 1 is 0.514 bits per heavy atom. The Kier molecular flexibility index (Phi) is 13.0. The third kappa shape index (κ3) is 10.2. The largest absolute Gasteiger partial charge is 0.481 e. The molecular weight excluding hydrogens is 464 g/mol. The second-order valence-electron chi connectivity index (χ2n) is 8.16. The van der Waals surface area contributed by atoms with Crippen LogP contribution in [-0.4, -0.2) is 86.9 Å². The van der Waals surface area contributed by atoms with Crippen molar-refractivity contribution >= 4 is 23.9 Å². The normalized spacial score (nSPS) is 23.5. The van der Waals surface area contributed by atoms with Gasteiger partial charge in [0, 0.05) is 0 Å². The van der Waals surface area contributed by atoms with Gasteiger partial charge in [0.05, 0.1) is 63.3 Å². The Morgan fingerprint density at radius 2 is 0.800 bits per heavy atom. The highest BCUT2D eigenvalue weighted by Crippen LogP contribution is 2.27. The molecule has 0 amide bonds. The Morgan fingerprint density at radius 3 is 1.11 bits per heavy atom. The minimum Gasteiger partial charge on any atom is -0.481 e. The molecule has 0 unspecified atom stereocenters. The molecule has 35 heavy (non-hydrogen) atoms. The first kappa shape index (κ1) is 28.5. The van der Waals surface area contributed by atoms with E-state index in [0.717, 1.165) is 0 Å². The summed E-state index contributed by atoms with van der Waals surface area (Å²) in [6.07, 6.45) is 8.48. The molecule has 0 radical (unpaired) electrons. The van der Waals surface area contributed by atoms with E-state index < -0.39 is 47.5 Å². The van der Waals surface area contributed by atoms with Crippen molar-refractivity contribution in [2.75, 3.05) is 52.9 Å². The number of carboxylic acid groups (broad SMARTS) is 2. The van der Waals surface area contributed by atoms with E-state index in [2.05, 4.69) is 0 Å². The van der Waals surface area contributed by atoms with Crippen LogP contribution in [0.3, 0.4) is 0 Å². The zero-order valence-corrected chi connectivity index (χ0v) is 19.7. The van der Waals surface area contributed by atoms with Gasteiger partial charge in [-0.05, 0) is 25.7 Å². The zero-order valence-electron chi connectivity index (χ0n) is 19.7. The summed E-state index contributed by atoms with van der Waals surface area (Å²) in [5.41, 5.74) is 0. The van der Waals surface area contributed by atoms with Crippen LogP contribution in [0.2, 0.25) is 0 Å². The number of hydrogen-bond acceptors (Lipinski definition) is 9. The predicted octanol–water partition coefficient (Wildman–Crippen LogP) is 1.46. The highest BCUT2D eigenvalue weighted by atomic mass is 16.6. The van der Waals surface area contributed by atoms with Crippen molar-refractivity contribution in [3.05, 3.63) is 24.3 Å². The molecule has 2 N–H and O–H groups in total. The van der Waals surface area contributed by atoms with Gasteiger partial charge in [-0.15, -0.1) is 0 Å². The highest BCUT2D eigenvalue weighted by molar-refractivity contribution is 5.82. The fourth-order valence-electron chi connectivity index (χ4n) is 3.85. The molecule has 0 aromatic carbocycles. The van der Waals surface area contributed by atoms with Crippen LogP contribution in [0.1, 0.15) is 25.7 Å². The van der Waals surface area contributed by atoms with Gasteiger partial charge < -0.3 is 33.9 Å². The smallest absolute Gasteiger partial charge is 0.310 e. The van der Waals surface area contributed by atoms with Gasteiger partial charge in [-0.1, -0.05) is 24.3 Å². The molecule has 0 aliphatic heterocycles. The van der Waals surface area contributed by atoms with Gasteiger partial charge >= 0.3 is 23.9 Å². The first-order valence-corrected chi connectivity index (χ1v) is 11.7. The first-order valence-electron chi connectivity index (χ1n) is 11.7. The molecule has 4 atom stereocenters. The summed E-state index contributed by atoms with van der Waals surface area (Å²) < 4.78 is 26.2. The lowest BCUT2D eigenvalue weighted by Gasteiger charge is -2.23. The summed E-state index contributed by atoms with van der Waals surface area (Å²) in [6, 6.07) is 0. The molecule has 0 bridgehead atoms. The molecule has 196 valence electrons. The zero-order chi connectivity index (χ0) is 25.5. The molecule has 0 saturated carbocycles. The maximum atomic E-state index is 12.1. The van der Waals surface area contributed by atoms with E-state index in [-0.39, 0.29) is 26.4 Å². The molecule has 11 nitrogen and oxygen atoms in total. The van der Waals surface area contributed by atoms with E-state index >= 15 is 0 Å². The topological polar surface area (TPSA) is 155 Å². The Balaban J connectivity index is 1.41. The van der Waals surface area contributed by atoms with Crippen LogP contribution in [0.4, 0.5) is 0 Å². The van der Waals surface area contributed by atoms with Crippen molar-refractivity contribution in [1.82, 2.24) is 0 Å². The Labute approximate surface area is 204 Å². The maximum absolute atomic E-state index is 12.1. The number of rotatable bonds is 16. The first-order chi connectivity index (χ1) is 16.9. The average molecular weight is 499 g/mol. The number of allylic oxidation sites excluding steroid dienone is 4. The van der Waals surface area contributed by atoms with E-state index in [9.17, 15) is 29.4 Å². The fourth-order valence-corrected chi connectivity index (χ4v) is 3.85. The van der Waals surface area contributed by atoms with Crippen LogP contribution in [0.25, 0.3) is 0 Å². The standard InChI is InChI=1S/C24H34O11/c25-21(26)17-5-1-3-7-19(17)23(29)34-15-13-32-11-9-31-10-12-33-14-16-35-24(30)20-8-4-2-6-18(20)22(27)28/h1-4,17-20H,5-16H2,(H,25,26)(H,27,28)/t17-,18-,19+,20+/m1/s1. The van der Waals surface area contributed by atoms with Gasteiger partial charge in [-0.2, -0.15) is 0 Å². The molecule has 2 aliphatic rings. The second-order valence-corrected chi connectivity index (χ2v) is 8.16. The summed E-state index contributed by atoms with van der Waals surface area (Å²) >= 11 is 0. The molecule has 2 aliphatic carbocycles. The van der Waals surface area contributed by atoms with Gasteiger partial charge in [-0.25, -0.2) is 0 Å². The summed E-state index contributed by atoms with van der Waals surface area (Å²) in [5, 5.41) is 18.4. The van der Waals surface area contributed by atoms with E-state index in [4.69, 9.17) is 23.7 Å². The molecule has 0 saturated heterocycles. The van der Waals surface area contributed by atoms with Gasteiger partial charge in [0.15, 0.2) is 0 Å². The summed E-state index contributed by atoms with van der Waals surface area (Å²) in [5.74, 6) is -5.90. The van der Waals surface area contributed by atoms with E-state index in [1.807, 2.05) is 0 Å². The van der Waals surface area contributed by atoms with Crippen LogP contribution >= 0.6 is 0 Å². The van der Waals surface area contributed by atoms with Crippen LogP contribution in [0, 0.1) is 23.7 Å². The van der Waals surface area contributed by atoms with Crippen molar-refractivity contribution in [2.45, 2.75) is 25.7 Å². The highest BCUT2D eigenvalue weighted by Gasteiger charge is 2.36. The molecule has 0 fully saturated rings. The fraction of sp³-hybridized carbons (Fsp3) is 0.667. The van der Waals surface area contributed by atoms with E-state index in [0.29, 0.717) is 52.1 Å². The summed E-state index contributed by atoms with van der Waals surface area (Å²) in [7, 11) is 0. The van der Waals surface area contributed by atoms with E-state index in [1.54, 1.807) is 24.3 Å². The monoisotopic (exact) mass is 498 g/mol. The van der Waals surface area contributed by atoms with Crippen molar-refractivity contribution in [3.63, 3.8) is 0 Å². The van der Waals surface area contributed by atoms with Gasteiger partial charge in [0.25, 0.3) is 0 Å². The molecule has 2 rings (SSSR count). The number of carbonyl (C=O) groups is 4. The summed E-state index contributed by atoms with van der Waals surface area (Å²) in [4.78, 5) is 46.6. The van der Waals surface area contributed by atoms with Crippen molar-refractivity contribution in [2.24, 2.45) is 23.7 Å². The lowest BCUT2D eigenvalue weighted by molar-refractivity contribution is -0.159. The minimum atomic E-state index is -0.999. The number of aliphatic carboxylic acids is 2. The lowest BCUT2D eigenvalue weighted by atomic mass is 9.83. The van der Waals surface area contributed by atoms with Gasteiger partial charge in [-0.3, -0.25) is 19.2 Å². The second kappa shape index (κ2) is 16.0. The van der Waals surface area contributed by atoms with Crippen LogP contribution in [0.15, 0.2) is 24.3 Å². The maximum Gasteiger partial charge on any atom is 0.310 e. The molecular formula is C24H34O11. The molecule has 0 aromatic rings. The number of hydrogen-bond donors (Lipinski definition) is 2. The third-order valence-corrected chi connectivity index (χ3v) is 5.79. The third-order valence-electron chi connectivity index (χ3n) is 5.79. The SMILES string of the molecule is O=C(OCCOCCOCCOCCOC(=O)[C@H]1CC=CC[C@H]1C(=O)O)[C@H]1CC=CC[C@H]1C(=O)O. The Bertz CT molecular complexity index is 699. The number of carbonyl (C=O) groups excluding carboxylic acids is 2. The average Bonchev–Trinajstić information content (AvgIpc) is 2.86. The van der Waals surface area contributed by atoms with Crippen molar-refractivity contribution < 1.29 is 53.1 Å². The van der Waals surface area contributed by atoms with E-state index in [1.165, 1.54) is 0 Å². The van der Waals surface area contributed by atoms with Gasteiger partial charge in [0.1, 0.15) is 13.2 Å². The molecule has 0 heterocycles. The molecule has 0 spiro atoms. The molecule has 11 heteroatoms. The van der Waals surface area contributed by atoms with Gasteiger partial charge in [0.2, 0.25) is 0 Å². The van der Waals surface area contributed by atoms with Crippen molar-refractivity contribution in [1.29, 1.82) is 0 Å². The summed E-state index contributed by atoms with van der Waals surface area (Å²) in [6.45, 7) is 1.64. The number of esters is 2. The minimum absolute atomic E-state index is 0.0393. The van der Waals surface area contributed by atoms with Crippen LogP contribution in [0.5, 0.6) is 0 Å². The number of ether oxygens (including phenoxy) is 5.